The number of carbonyl (C=O) groups excluding carboxylic acids is 1. The molecular weight excluding hydrogens is 342 g/mol. The van der Waals surface area contributed by atoms with Gasteiger partial charge in [0, 0.05) is 36.3 Å². The Bertz CT molecular complexity index is 968. The maximum absolute atomic E-state index is 12.1. The van der Waals surface area contributed by atoms with Crippen molar-refractivity contribution >= 4 is 11.6 Å². The highest BCUT2D eigenvalue weighted by Gasteiger charge is 2.06. The summed E-state index contributed by atoms with van der Waals surface area (Å²) < 4.78 is 6.54. The van der Waals surface area contributed by atoms with E-state index in [0.29, 0.717) is 30.8 Å². The van der Waals surface area contributed by atoms with Crippen molar-refractivity contribution in [1.29, 1.82) is 0 Å². The highest BCUT2D eigenvalue weighted by Crippen LogP contribution is 2.17. The largest absolute Gasteiger partial charge is 0.497 e. The molecule has 0 atom stereocenters. The molecule has 6 heteroatoms. The fourth-order valence-corrected chi connectivity index (χ4v) is 2.69. The number of ether oxygens (including phenoxy) is 1. The fourth-order valence-electron chi connectivity index (χ4n) is 2.69. The smallest absolute Gasteiger partial charge is 0.266 e. The Labute approximate surface area is 157 Å². The van der Waals surface area contributed by atoms with E-state index in [2.05, 4.69) is 10.4 Å². The number of nitrogens with zero attached hydrogens (tertiary/aromatic N) is 2. The molecule has 0 bridgehead atoms. The lowest BCUT2D eigenvalue weighted by atomic mass is 10.1. The van der Waals surface area contributed by atoms with Crippen molar-refractivity contribution in [3.8, 4) is 17.0 Å². The van der Waals surface area contributed by atoms with Crippen molar-refractivity contribution in [3.05, 3.63) is 77.1 Å². The van der Waals surface area contributed by atoms with Gasteiger partial charge in [-0.1, -0.05) is 36.4 Å². The van der Waals surface area contributed by atoms with Crippen LogP contribution in [-0.2, 0) is 11.3 Å². The zero-order chi connectivity index (χ0) is 19.1. The van der Waals surface area contributed by atoms with Gasteiger partial charge >= 0.3 is 0 Å². The number of hydrogen-bond donors (Lipinski definition) is 1. The highest BCUT2D eigenvalue weighted by atomic mass is 16.5. The first-order chi connectivity index (χ1) is 13.2. The zero-order valence-electron chi connectivity index (χ0n) is 15.1. The van der Waals surface area contributed by atoms with Crippen LogP contribution in [0, 0.1) is 0 Å². The Kier molecular flexibility index (Phi) is 5.99. The van der Waals surface area contributed by atoms with E-state index in [-0.39, 0.29) is 11.5 Å². The molecule has 1 N–H and O–H groups in total. The number of rotatable bonds is 7. The first-order valence-electron chi connectivity index (χ1n) is 8.73. The molecule has 0 fully saturated rings. The minimum Gasteiger partial charge on any atom is -0.497 e. The van der Waals surface area contributed by atoms with E-state index in [1.807, 2.05) is 42.5 Å². The monoisotopic (exact) mass is 363 g/mol. The molecule has 0 unspecified atom stereocenters. The number of anilines is 1. The Morgan fingerprint density at radius 2 is 1.89 bits per heavy atom. The molecule has 1 aromatic heterocycles. The average molecular weight is 363 g/mol. The van der Waals surface area contributed by atoms with Crippen LogP contribution in [-0.4, -0.2) is 22.8 Å². The molecule has 0 saturated carbocycles. The molecule has 0 aliphatic carbocycles. The van der Waals surface area contributed by atoms with Gasteiger partial charge in [0.25, 0.3) is 5.56 Å². The molecule has 0 spiro atoms. The van der Waals surface area contributed by atoms with Crippen molar-refractivity contribution in [3.63, 3.8) is 0 Å². The molecule has 1 heterocycles. The van der Waals surface area contributed by atoms with Crippen molar-refractivity contribution < 1.29 is 9.53 Å². The maximum Gasteiger partial charge on any atom is 0.266 e. The molecule has 2 aromatic carbocycles. The standard InChI is InChI=1S/C21H21N3O3/c1-27-18-10-5-9-17(15-18)22-20(25)11-6-14-24-21(26)13-12-19(23-24)16-7-3-2-4-8-16/h2-5,7-10,12-13,15H,6,11,14H2,1H3,(H,22,25). The van der Waals surface area contributed by atoms with Gasteiger partial charge in [-0.25, -0.2) is 4.68 Å². The van der Waals surface area contributed by atoms with E-state index < -0.39 is 0 Å². The number of aromatic nitrogens is 2. The van der Waals surface area contributed by atoms with Crippen LogP contribution in [0.4, 0.5) is 5.69 Å². The fraction of sp³-hybridized carbons (Fsp3) is 0.190. The second kappa shape index (κ2) is 8.80. The van der Waals surface area contributed by atoms with E-state index in [4.69, 9.17) is 4.74 Å². The molecule has 6 nitrogen and oxygen atoms in total. The van der Waals surface area contributed by atoms with Crippen LogP contribution in [0.15, 0.2) is 71.5 Å². The van der Waals surface area contributed by atoms with E-state index >= 15 is 0 Å². The summed E-state index contributed by atoms with van der Waals surface area (Å²) in [4.78, 5) is 24.1. The molecule has 0 radical (unpaired) electrons. The third-order valence-corrected chi connectivity index (χ3v) is 4.06. The molecule has 138 valence electrons. The zero-order valence-corrected chi connectivity index (χ0v) is 15.1. The normalized spacial score (nSPS) is 10.4. The van der Waals surface area contributed by atoms with E-state index in [0.717, 1.165) is 11.3 Å². The van der Waals surface area contributed by atoms with Gasteiger partial charge in [0.15, 0.2) is 0 Å². The van der Waals surface area contributed by atoms with Gasteiger partial charge in [-0.15, -0.1) is 0 Å². The number of aryl methyl sites for hydroxylation is 1. The summed E-state index contributed by atoms with van der Waals surface area (Å²) in [5.41, 5.74) is 2.18. The SMILES string of the molecule is COc1cccc(NC(=O)CCCn2nc(-c3ccccc3)ccc2=O)c1. The van der Waals surface area contributed by atoms with Gasteiger partial charge in [0.2, 0.25) is 5.91 Å². The van der Waals surface area contributed by atoms with Crippen LogP contribution < -0.4 is 15.6 Å². The second-order valence-corrected chi connectivity index (χ2v) is 6.03. The summed E-state index contributed by atoms with van der Waals surface area (Å²) in [7, 11) is 1.58. The lowest BCUT2D eigenvalue weighted by Gasteiger charge is -2.08. The van der Waals surface area contributed by atoms with E-state index in [1.165, 1.54) is 10.7 Å². The molecule has 0 saturated heterocycles. The molecule has 27 heavy (non-hydrogen) atoms. The van der Waals surface area contributed by atoms with E-state index in [1.54, 1.807) is 25.3 Å². The van der Waals surface area contributed by atoms with E-state index in [9.17, 15) is 9.59 Å². The average Bonchev–Trinajstić information content (AvgIpc) is 2.70. The first kappa shape index (κ1) is 18.4. The summed E-state index contributed by atoms with van der Waals surface area (Å²) >= 11 is 0. The van der Waals surface area contributed by atoms with Gasteiger partial charge in [-0.2, -0.15) is 5.10 Å². The Balaban J connectivity index is 1.58. The van der Waals surface area contributed by atoms with Crippen LogP contribution in [0.1, 0.15) is 12.8 Å². The summed E-state index contributed by atoms with van der Waals surface area (Å²) in [6.07, 6.45) is 0.807. The molecule has 3 aromatic rings. The van der Waals surface area contributed by atoms with Crippen molar-refractivity contribution in [2.75, 3.05) is 12.4 Å². The number of carbonyl (C=O) groups is 1. The van der Waals surface area contributed by atoms with Crippen molar-refractivity contribution in [2.24, 2.45) is 0 Å². The predicted molar refractivity (Wildman–Crippen MR) is 105 cm³/mol. The molecule has 0 aliphatic heterocycles. The van der Waals surface area contributed by atoms with Crippen LogP contribution in [0.5, 0.6) is 5.75 Å². The third kappa shape index (κ3) is 5.04. The Morgan fingerprint density at radius 1 is 1.07 bits per heavy atom. The molecule has 0 aliphatic rings. The lowest BCUT2D eigenvalue weighted by Crippen LogP contribution is -2.23. The number of methoxy groups -OCH3 is 1. The van der Waals surface area contributed by atoms with Gasteiger partial charge in [0.05, 0.1) is 12.8 Å². The topological polar surface area (TPSA) is 73.2 Å². The summed E-state index contributed by atoms with van der Waals surface area (Å²) in [6.45, 7) is 0.380. The number of nitrogens with one attached hydrogen (secondary N) is 1. The maximum atomic E-state index is 12.1. The quantitative estimate of drug-likeness (QED) is 0.699. The van der Waals surface area contributed by atoms with Crippen molar-refractivity contribution in [2.45, 2.75) is 19.4 Å². The molecule has 1 amide bonds. The van der Waals surface area contributed by atoms with Crippen molar-refractivity contribution in [1.82, 2.24) is 9.78 Å². The Morgan fingerprint density at radius 3 is 2.67 bits per heavy atom. The van der Waals surface area contributed by atoms with Gasteiger partial charge in [-0.05, 0) is 24.6 Å². The summed E-state index contributed by atoms with van der Waals surface area (Å²) in [6, 6.07) is 20.1. The van der Waals surface area contributed by atoms with Crippen LogP contribution in [0.25, 0.3) is 11.3 Å². The lowest BCUT2D eigenvalue weighted by molar-refractivity contribution is -0.116. The second-order valence-electron chi connectivity index (χ2n) is 6.03. The predicted octanol–water partition coefficient (Wildman–Crippen LogP) is 3.34. The van der Waals surface area contributed by atoms with Gasteiger partial charge in [-0.3, -0.25) is 9.59 Å². The highest BCUT2D eigenvalue weighted by molar-refractivity contribution is 5.90. The minimum absolute atomic E-state index is 0.115. The Hall–Kier alpha value is -3.41. The first-order valence-corrected chi connectivity index (χ1v) is 8.73. The van der Waals surface area contributed by atoms with Gasteiger partial charge in [0.1, 0.15) is 5.75 Å². The third-order valence-electron chi connectivity index (χ3n) is 4.06. The minimum atomic E-state index is -0.178. The summed E-state index contributed by atoms with van der Waals surface area (Å²) in [5.74, 6) is 0.566. The number of amides is 1. The summed E-state index contributed by atoms with van der Waals surface area (Å²) in [5, 5.41) is 7.23. The molecule has 3 rings (SSSR count). The number of benzene rings is 2. The van der Waals surface area contributed by atoms with Crippen LogP contribution in [0.2, 0.25) is 0 Å². The van der Waals surface area contributed by atoms with Gasteiger partial charge < -0.3 is 10.1 Å². The van der Waals surface area contributed by atoms with Crippen LogP contribution in [0.3, 0.4) is 0 Å². The number of hydrogen-bond acceptors (Lipinski definition) is 4. The molecular formula is C21H21N3O3. The van der Waals surface area contributed by atoms with Crippen LogP contribution >= 0.6 is 0 Å².